The molecule has 28 heavy (non-hydrogen) atoms. The van der Waals surface area contributed by atoms with Crippen LogP contribution in [0.5, 0.6) is 17.4 Å². The number of methoxy groups -OCH3 is 1. The van der Waals surface area contributed by atoms with Gasteiger partial charge in [0.2, 0.25) is 5.88 Å². The van der Waals surface area contributed by atoms with Crippen LogP contribution in [-0.4, -0.2) is 25.1 Å². The Labute approximate surface area is 169 Å². The molecule has 0 radical (unpaired) electrons. The molecule has 0 aliphatic carbocycles. The molecular weight excluding hydrogens is 372 g/mol. The summed E-state index contributed by atoms with van der Waals surface area (Å²) >= 11 is 1.78. The lowest BCUT2D eigenvalue weighted by Crippen LogP contribution is -2.36. The first-order chi connectivity index (χ1) is 13.7. The summed E-state index contributed by atoms with van der Waals surface area (Å²) in [5.41, 5.74) is 1.04. The molecule has 1 aromatic carbocycles. The van der Waals surface area contributed by atoms with E-state index in [2.05, 4.69) is 39.7 Å². The Balaban J connectivity index is 1.50. The van der Waals surface area contributed by atoms with E-state index in [9.17, 15) is 0 Å². The number of nitrogens with one attached hydrogen (secondary N) is 2. The van der Waals surface area contributed by atoms with Crippen LogP contribution in [0, 0.1) is 6.92 Å². The van der Waals surface area contributed by atoms with E-state index in [-0.39, 0.29) is 0 Å². The summed E-state index contributed by atoms with van der Waals surface area (Å²) < 4.78 is 11.0. The molecule has 6 nitrogen and oxygen atoms in total. The predicted molar refractivity (Wildman–Crippen MR) is 113 cm³/mol. The minimum Gasteiger partial charge on any atom is -0.497 e. The van der Waals surface area contributed by atoms with E-state index in [1.165, 1.54) is 9.75 Å². The smallest absolute Gasteiger partial charge is 0.219 e. The third-order valence-electron chi connectivity index (χ3n) is 3.97. The largest absolute Gasteiger partial charge is 0.497 e. The van der Waals surface area contributed by atoms with Gasteiger partial charge in [-0.05, 0) is 36.8 Å². The molecule has 2 N–H and O–H groups in total. The zero-order valence-corrected chi connectivity index (χ0v) is 17.0. The second-order valence-electron chi connectivity index (χ2n) is 6.08. The van der Waals surface area contributed by atoms with Gasteiger partial charge in [0.05, 0.1) is 13.7 Å². The first-order valence-corrected chi connectivity index (χ1v) is 9.74. The average Bonchev–Trinajstić information content (AvgIpc) is 3.14. The maximum atomic E-state index is 5.77. The number of thiophene rings is 1. The predicted octanol–water partition coefficient (Wildman–Crippen LogP) is 4.12. The second-order valence-corrected chi connectivity index (χ2v) is 7.45. The summed E-state index contributed by atoms with van der Waals surface area (Å²) in [6.07, 6.45) is 1.79. The van der Waals surface area contributed by atoms with Crippen molar-refractivity contribution >= 4 is 17.3 Å². The van der Waals surface area contributed by atoms with Crippen LogP contribution in [-0.2, 0) is 13.1 Å². The fourth-order valence-electron chi connectivity index (χ4n) is 2.52. The number of aliphatic imine (C=N–C) groups is 1. The summed E-state index contributed by atoms with van der Waals surface area (Å²) in [6, 6.07) is 15.5. The molecule has 7 heteroatoms. The summed E-state index contributed by atoms with van der Waals surface area (Å²) in [4.78, 5) is 11.2. The third kappa shape index (κ3) is 5.72. The van der Waals surface area contributed by atoms with Crippen molar-refractivity contribution in [3.05, 3.63) is 70.0 Å². The molecule has 2 aromatic heterocycles. The lowest BCUT2D eigenvalue weighted by atomic mass is 10.3. The molecule has 0 saturated carbocycles. The van der Waals surface area contributed by atoms with Crippen LogP contribution in [0.4, 0.5) is 0 Å². The quantitative estimate of drug-likeness (QED) is 0.465. The Bertz CT molecular complexity index is 922. The van der Waals surface area contributed by atoms with E-state index in [0.717, 1.165) is 23.8 Å². The van der Waals surface area contributed by atoms with Crippen LogP contribution in [0.15, 0.2) is 59.7 Å². The molecule has 0 atom stereocenters. The zero-order valence-electron chi connectivity index (χ0n) is 16.2. The van der Waals surface area contributed by atoms with Gasteiger partial charge in [-0.3, -0.25) is 4.99 Å². The third-order valence-corrected chi connectivity index (χ3v) is 4.97. The fraction of sp³-hybridized carbons (Fsp3) is 0.238. The Morgan fingerprint density at radius 1 is 1.07 bits per heavy atom. The summed E-state index contributed by atoms with van der Waals surface area (Å²) in [6.45, 7) is 3.48. The van der Waals surface area contributed by atoms with Crippen LogP contribution >= 0.6 is 11.3 Å². The van der Waals surface area contributed by atoms with Crippen molar-refractivity contribution in [1.29, 1.82) is 0 Å². The van der Waals surface area contributed by atoms with Gasteiger partial charge in [-0.1, -0.05) is 12.1 Å². The van der Waals surface area contributed by atoms with Crippen molar-refractivity contribution < 1.29 is 9.47 Å². The van der Waals surface area contributed by atoms with E-state index in [0.29, 0.717) is 18.2 Å². The van der Waals surface area contributed by atoms with Crippen LogP contribution in [0.2, 0.25) is 0 Å². The van der Waals surface area contributed by atoms with Gasteiger partial charge in [-0.25, -0.2) is 4.98 Å². The maximum absolute atomic E-state index is 5.77. The normalized spacial score (nSPS) is 11.2. The number of aryl methyl sites for hydroxylation is 1. The van der Waals surface area contributed by atoms with E-state index < -0.39 is 0 Å². The Morgan fingerprint density at radius 2 is 1.89 bits per heavy atom. The van der Waals surface area contributed by atoms with Crippen molar-refractivity contribution in [3.8, 4) is 17.4 Å². The number of hydrogen-bond acceptors (Lipinski definition) is 5. The highest BCUT2D eigenvalue weighted by Gasteiger charge is 2.03. The minimum atomic E-state index is 0.535. The van der Waals surface area contributed by atoms with Gasteiger partial charge in [0.1, 0.15) is 11.5 Å². The van der Waals surface area contributed by atoms with Crippen LogP contribution in [0.3, 0.4) is 0 Å². The number of hydrogen-bond donors (Lipinski definition) is 2. The molecule has 2 heterocycles. The summed E-state index contributed by atoms with van der Waals surface area (Å²) in [7, 11) is 3.39. The van der Waals surface area contributed by atoms with Gasteiger partial charge in [0, 0.05) is 41.7 Å². The standard InChI is InChI=1S/C21H24N4O2S/c1-15-7-9-19(28-15)14-25-21(22-2)24-13-16-8-10-20(23-12-16)27-18-6-4-5-17(11-18)26-3/h4-12H,13-14H2,1-3H3,(H2,22,24,25). The van der Waals surface area contributed by atoms with E-state index in [1.807, 2.05) is 36.4 Å². The molecule has 0 saturated heterocycles. The summed E-state index contributed by atoms with van der Waals surface area (Å²) in [5.74, 6) is 2.72. The molecule has 3 aromatic rings. The van der Waals surface area contributed by atoms with Gasteiger partial charge in [-0.2, -0.15) is 0 Å². The van der Waals surface area contributed by atoms with Gasteiger partial charge in [0.15, 0.2) is 5.96 Å². The number of rotatable bonds is 7. The molecule has 0 fully saturated rings. The number of nitrogens with zero attached hydrogens (tertiary/aromatic N) is 2. The highest BCUT2D eigenvalue weighted by molar-refractivity contribution is 7.11. The Hall–Kier alpha value is -3.06. The maximum Gasteiger partial charge on any atom is 0.219 e. The first kappa shape index (κ1) is 19.7. The second kappa shape index (κ2) is 9.75. The first-order valence-electron chi connectivity index (χ1n) is 8.93. The topological polar surface area (TPSA) is 67.8 Å². The molecule has 0 bridgehead atoms. The number of benzene rings is 1. The monoisotopic (exact) mass is 396 g/mol. The molecule has 0 spiro atoms. The number of guanidine groups is 1. The highest BCUT2D eigenvalue weighted by atomic mass is 32.1. The van der Waals surface area contributed by atoms with Gasteiger partial charge >= 0.3 is 0 Å². The van der Waals surface area contributed by atoms with Crippen molar-refractivity contribution in [2.24, 2.45) is 4.99 Å². The van der Waals surface area contributed by atoms with Crippen LogP contribution in [0.25, 0.3) is 0 Å². The molecule has 0 amide bonds. The molecular formula is C21H24N4O2S. The number of ether oxygens (including phenoxy) is 2. The fourth-order valence-corrected chi connectivity index (χ4v) is 3.35. The SMILES string of the molecule is CN=C(NCc1ccc(Oc2cccc(OC)c2)nc1)NCc1ccc(C)s1. The summed E-state index contributed by atoms with van der Waals surface area (Å²) in [5, 5.41) is 6.61. The van der Waals surface area contributed by atoms with Crippen LogP contribution < -0.4 is 20.1 Å². The van der Waals surface area contributed by atoms with Crippen molar-refractivity contribution in [3.63, 3.8) is 0 Å². The average molecular weight is 397 g/mol. The highest BCUT2D eigenvalue weighted by Crippen LogP contribution is 2.23. The number of pyridine rings is 1. The number of aromatic nitrogens is 1. The van der Waals surface area contributed by atoms with Gasteiger partial charge < -0.3 is 20.1 Å². The molecule has 0 aliphatic heterocycles. The van der Waals surface area contributed by atoms with Crippen molar-refractivity contribution in [1.82, 2.24) is 15.6 Å². The Kier molecular flexibility index (Phi) is 6.86. The van der Waals surface area contributed by atoms with Crippen LogP contribution in [0.1, 0.15) is 15.3 Å². The van der Waals surface area contributed by atoms with Gasteiger partial charge in [0.25, 0.3) is 0 Å². The molecule has 146 valence electrons. The van der Waals surface area contributed by atoms with Crippen molar-refractivity contribution in [2.45, 2.75) is 20.0 Å². The van der Waals surface area contributed by atoms with E-state index in [1.54, 1.807) is 31.7 Å². The molecule has 3 rings (SSSR count). The van der Waals surface area contributed by atoms with E-state index >= 15 is 0 Å². The van der Waals surface area contributed by atoms with Gasteiger partial charge in [-0.15, -0.1) is 11.3 Å². The lowest BCUT2D eigenvalue weighted by molar-refractivity contribution is 0.407. The zero-order chi connectivity index (χ0) is 19.8. The molecule has 0 aliphatic rings. The minimum absolute atomic E-state index is 0.535. The molecule has 0 unspecified atom stereocenters. The Morgan fingerprint density at radius 3 is 2.57 bits per heavy atom. The lowest BCUT2D eigenvalue weighted by Gasteiger charge is -2.11. The van der Waals surface area contributed by atoms with E-state index in [4.69, 9.17) is 9.47 Å². The van der Waals surface area contributed by atoms with Crippen molar-refractivity contribution in [2.75, 3.05) is 14.2 Å².